The Balaban J connectivity index is 2.33. The Morgan fingerprint density at radius 1 is 0.895 bits per heavy atom. The Hall–Kier alpha value is -0.380. The number of benzene rings is 1. The monoisotopic (exact) mass is 355 g/mol. The Labute approximate surface area is 135 Å². The second kappa shape index (κ2) is 6.38. The van der Waals surface area contributed by atoms with Crippen molar-refractivity contribution in [2.45, 2.75) is 5.88 Å². The van der Waals surface area contributed by atoms with Crippen LogP contribution in [-0.4, -0.2) is 4.98 Å². The topological polar surface area (TPSA) is 22.1 Å². The summed E-state index contributed by atoms with van der Waals surface area (Å²) in [6, 6.07) is 4.66. The minimum Gasteiger partial charge on any atom is -0.436 e. The zero-order valence-electron chi connectivity index (χ0n) is 9.26. The van der Waals surface area contributed by atoms with Gasteiger partial charge in [-0.2, -0.15) is 0 Å². The molecule has 0 radical (unpaired) electrons. The molecule has 1 aromatic heterocycles. The van der Waals surface area contributed by atoms with Gasteiger partial charge >= 0.3 is 0 Å². The zero-order chi connectivity index (χ0) is 14.0. The summed E-state index contributed by atoms with van der Waals surface area (Å²) < 4.78 is 5.51. The van der Waals surface area contributed by atoms with Crippen molar-refractivity contribution in [1.82, 2.24) is 4.98 Å². The van der Waals surface area contributed by atoms with Crippen LogP contribution in [0.25, 0.3) is 0 Å². The molecule has 0 fully saturated rings. The molecule has 2 rings (SSSR count). The van der Waals surface area contributed by atoms with E-state index in [1.807, 2.05) is 0 Å². The smallest absolute Gasteiger partial charge is 0.238 e. The van der Waals surface area contributed by atoms with Crippen molar-refractivity contribution in [1.29, 1.82) is 0 Å². The number of pyridine rings is 1. The molecular formula is C12H6Cl5NO. The Kier molecular flexibility index (Phi) is 5.04. The Bertz CT molecular complexity index is 617. The normalized spacial score (nSPS) is 10.6. The number of aromatic nitrogens is 1. The third kappa shape index (κ3) is 3.59. The molecule has 0 amide bonds. The number of halogens is 5. The molecule has 19 heavy (non-hydrogen) atoms. The fourth-order valence-corrected chi connectivity index (χ4v) is 2.25. The SMILES string of the molecule is ClCc1cnc(Oc2cc(Cl)c(Cl)cc2Cl)c(Cl)c1. The number of ether oxygens (including phenoxy) is 1. The molecule has 2 nitrogen and oxygen atoms in total. The van der Waals surface area contributed by atoms with E-state index in [1.165, 1.54) is 12.1 Å². The molecule has 100 valence electrons. The molecular weight excluding hydrogens is 351 g/mol. The van der Waals surface area contributed by atoms with Crippen LogP contribution < -0.4 is 4.74 Å². The third-order valence-electron chi connectivity index (χ3n) is 2.20. The highest BCUT2D eigenvalue weighted by atomic mass is 35.5. The number of rotatable bonds is 3. The van der Waals surface area contributed by atoms with E-state index in [1.54, 1.807) is 12.3 Å². The van der Waals surface area contributed by atoms with Crippen LogP contribution in [0, 0.1) is 0 Å². The second-order valence-corrected chi connectivity index (χ2v) is 5.46. The van der Waals surface area contributed by atoms with Crippen molar-refractivity contribution < 1.29 is 4.74 Å². The standard InChI is InChI=1S/C12H6Cl5NO/c13-4-6-1-10(17)12(18-5-6)19-11-3-8(15)7(14)2-9(11)16/h1-3,5H,4H2. The molecule has 2 aromatic rings. The van der Waals surface area contributed by atoms with Crippen LogP contribution >= 0.6 is 58.0 Å². The van der Waals surface area contributed by atoms with E-state index in [4.69, 9.17) is 62.7 Å². The van der Waals surface area contributed by atoms with E-state index in [-0.39, 0.29) is 5.88 Å². The summed E-state index contributed by atoms with van der Waals surface area (Å²) in [6.45, 7) is 0. The molecule has 0 N–H and O–H groups in total. The lowest BCUT2D eigenvalue weighted by atomic mass is 10.3. The molecule has 0 aliphatic heterocycles. The van der Waals surface area contributed by atoms with Crippen molar-refractivity contribution in [2.75, 3.05) is 0 Å². The van der Waals surface area contributed by atoms with Gasteiger partial charge in [-0.3, -0.25) is 0 Å². The Morgan fingerprint density at radius 2 is 1.58 bits per heavy atom. The lowest BCUT2D eigenvalue weighted by Gasteiger charge is -2.09. The summed E-state index contributed by atoms with van der Waals surface area (Å²) in [7, 11) is 0. The quantitative estimate of drug-likeness (QED) is 0.480. The highest BCUT2D eigenvalue weighted by Gasteiger charge is 2.11. The van der Waals surface area contributed by atoms with Crippen molar-refractivity contribution in [3.05, 3.63) is 50.0 Å². The van der Waals surface area contributed by atoms with Crippen LogP contribution in [0.2, 0.25) is 20.1 Å². The lowest BCUT2D eigenvalue weighted by Crippen LogP contribution is -1.92. The van der Waals surface area contributed by atoms with Crippen LogP contribution in [0.15, 0.2) is 24.4 Å². The summed E-state index contributed by atoms with van der Waals surface area (Å²) in [5.41, 5.74) is 0.791. The summed E-state index contributed by atoms with van der Waals surface area (Å²) >= 11 is 29.4. The third-order valence-corrected chi connectivity index (χ3v) is 3.80. The van der Waals surface area contributed by atoms with E-state index >= 15 is 0 Å². The van der Waals surface area contributed by atoms with Crippen LogP contribution in [0.4, 0.5) is 0 Å². The average Bonchev–Trinajstić information content (AvgIpc) is 2.38. The summed E-state index contributed by atoms with van der Waals surface area (Å²) in [5.74, 6) is 0.862. The minimum atomic E-state index is 0.218. The Morgan fingerprint density at radius 3 is 2.21 bits per heavy atom. The van der Waals surface area contributed by atoms with Gasteiger partial charge in [-0.05, 0) is 17.7 Å². The maximum atomic E-state index is 6.03. The number of nitrogens with zero attached hydrogens (tertiary/aromatic N) is 1. The molecule has 0 spiro atoms. The number of hydrogen-bond acceptors (Lipinski definition) is 2. The van der Waals surface area contributed by atoms with Gasteiger partial charge in [0.05, 0.1) is 15.1 Å². The van der Waals surface area contributed by atoms with Crippen LogP contribution in [-0.2, 0) is 5.88 Å². The van der Waals surface area contributed by atoms with Crippen molar-refractivity contribution in [3.63, 3.8) is 0 Å². The highest BCUT2D eigenvalue weighted by molar-refractivity contribution is 6.43. The predicted octanol–water partition coefficient (Wildman–Crippen LogP) is 6.23. The molecule has 7 heteroatoms. The van der Waals surface area contributed by atoms with Gasteiger partial charge in [-0.15, -0.1) is 11.6 Å². The highest BCUT2D eigenvalue weighted by Crippen LogP contribution is 2.37. The largest absolute Gasteiger partial charge is 0.436 e. The molecule has 0 bridgehead atoms. The molecule has 0 saturated carbocycles. The van der Waals surface area contributed by atoms with E-state index < -0.39 is 0 Å². The first kappa shape index (κ1) is 15.0. The van der Waals surface area contributed by atoms with E-state index in [0.717, 1.165) is 5.56 Å². The number of hydrogen-bond donors (Lipinski definition) is 0. The second-order valence-electron chi connectivity index (χ2n) is 3.56. The van der Waals surface area contributed by atoms with Crippen molar-refractivity contribution >= 4 is 58.0 Å². The average molecular weight is 357 g/mol. The van der Waals surface area contributed by atoms with Crippen molar-refractivity contribution in [3.8, 4) is 11.6 Å². The molecule has 0 atom stereocenters. The van der Waals surface area contributed by atoms with Gasteiger partial charge in [-0.1, -0.05) is 46.4 Å². The fraction of sp³-hybridized carbons (Fsp3) is 0.0833. The fourth-order valence-electron chi connectivity index (χ4n) is 1.30. The molecule has 1 heterocycles. The van der Waals surface area contributed by atoms with Gasteiger partial charge in [0, 0.05) is 18.1 Å². The number of alkyl halides is 1. The van der Waals surface area contributed by atoms with Gasteiger partial charge < -0.3 is 4.74 Å². The van der Waals surface area contributed by atoms with Crippen LogP contribution in [0.3, 0.4) is 0 Å². The maximum Gasteiger partial charge on any atom is 0.238 e. The van der Waals surface area contributed by atoms with E-state index in [2.05, 4.69) is 4.98 Å². The summed E-state index contributed by atoms with van der Waals surface area (Å²) in [5, 5.41) is 1.32. The van der Waals surface area contributed by atoms with Crippen molar-refractivity contribution in [2.24, 2.45) is 0 Å². The van der Waals surface area contributed by atoms with Crippen LogP contribution in [0.5, 0.6) is 11.6 Å². The summed E-state index contributed by atoms with van der Waals surface area (Å²) in [6.07, 6.45) is 1.57. The van der Waals surface area contributed by atoms with Gasteiger partial charge in [0.1, 0.15) is 10.8 Å². The zero-order valence-corrected chi connectivity index (χ0v) is 13.0. The van der Waals surface area contributed by atoms with E-state index in [9.17, 15) is 0 Å². The molecule has 0 saturated heterocycles. The first-order valence-electron chi connectivity index (χ1n) is 5.04. The van der Waals surface area contributed by atoms with Gasteiger partial charge in [-0.25, -0.2) is 4.98 Å². The first-order valence-corrected chi connectivity index (χ1v) is 7.08. The minimum absolute atomic E-state index is 0.218. The molecule has 0 aliphatic rings. The lowest BCUT2D eigenvalue weighted by molar-refractivity contribution is 0.463. The van der Waals surface area contributed by atoms with Gasteiger partial charge in [0.25, 0.3) is 0 Å². The molecule has 1 aromatic carbocycles. The van der Waals surface area contributed by atoms with Gasteiger partial charge in [0.2, 0.25) is 5.88 Å². The van der Waals surface area contributed by atoms with Crippen LogP contribution in [0.1, 0.15) is 5.56 Å². The maximum absolute atomic E-state index is 6.03. The molecule has 0 unspecified atom stereocenters. The molecule has 0 aliphatic carbocycles. The predicted molar refractivity (Wildman–Crippen MR) is 80.4 cm³/mol. The van der Waals surface area contributed by atoms with E-state index in [0.29, 0.717) is 31.7 Å². The first-order chi connectivity index (χ1) is 9.01. The van der Waals surface area contributed by atoms with Gasteiger partial charge in [0.15, 0.2) is 0 Å². The summed E-state index contributed by atoms with van der Waals surface area (Å²) in [4.78, 5) is 4.06.